The van der Waals surface area contributed by atoms with Crippen molar-refractivity contribution < 1.29 is 73.9 Å². The van der Waals surface area contributed by atoms with Gasteiger partial charge in [0.15, 0.2) is 0 Å². The van der Waals surface area contributed by atoms with Gasteiger partial charge in [-0.15, -0.1) is 11.9 Å². The Morgan fingerprint density at radius 1 is 1.19 bits per heavy atom. The topological polar surface area (TPSA) is 32.8 Å². The summed E-state index contributed by atoms with van der Waals surface area (Å²) in [6.07, 6.45) is 4.92. The minimum atomic E-state index is -5.10. The van der Waals surface area contributed by atoms with Gasteiger partial charge in [-0.1, -0.05) is 18.1 Å². The van der Waals surface area contributed by atoms with Crippen LogP contribution in [0.15, 0.2) is 18.2 Å². The van der Waals surface area contributed by atoms with Crippen molar-refractivity contribution in [2.24, 2.45) is 0 Å². The van der Waals surface area contributed by atoms with Crippen molar-refractivity contribution in [3.8, 4) is 12.3 Å². The minimum absolute atomic E-state index is 0. The standard InChI is InChI=1S/C18H23BF3N2O2.K/c1-5-14-10-15(12-16(11-14)19(20,21)22)13-23-6-8-24(9-7-23)17(25)26-18(2,3)4;/h1,10-12H,6-9,13H2,2-4H3;/q-1;+1. The molecule has 0 aromatic heterocycles. The first-order valence-electron chi connectivity index (χ1n) is 8.48. The molecule has 0 atom stereocenters. The molecule has 142 valence electrons. The van der Waals surface area contributed by atoms with Crippen LogP contribution in [0.4, 0.5) is 17.7 Å². The van der Waals surface area contributed by atoms with E-state index in [1.807, 2.05) is 4.90 Å². The van der Waals surface area contributed by atoms with E-state index in [2.05, 4.69) is 5.92 Å². The van der Waals surface area contributed by atoms with Gasteiger partial charge < -0.3 is 22.6 Å². The average molecular weight is 406 g/mol. The zero-order valence-electron chi connectivity index (χ0n) is 16.3. The molecule has 1 aliphatic heterocycles. The van der Waals surface area contributed by atoms with E-state index >= 15 is 0 Å². The summed E-state index contributed by atoms with van der Waals surface area (Å²) in [4.78, 5) is 15.7. The fourth-order valence-electron chi connectivity index (χ4n) is 2.76. The molecule has 0 N–H and O–H groups in total. The fourth-order valence-corrected chi connectivity index (χ4v) is 2.76. The monoisotopic (exact) mass is 406 g/mol. The molecule has 0 unspecified atom stereocenters. The van der Waals surface area contributed by atoms with Crippen molar-refractivity contribution in [2.75, 3.05) is 26.2 Å². The predicted molar refractivity (Wildman–Crippen MR) is 96.2 cm³/mol. The second-order valence-electron chi connectivity index (χ2n) is 7.43. The molecule has 9 heteroatoms. The Bertz CT molecular complexity index is 706. The molecule has 0 bridgehead atoms. The van der Waals surface area contributed by atoms with Crippen molar-refractivity contribution in [3.63, 3.8) is 0 Å². The van der Waals surface area contributed by atoms with Gasteiger partial charge in [0.25, 0.3) is 0 Å². The first-order valence-corrected chi connectivity index (χ1v) is 8.48. The fraction of sp³-hybridized carbons (Fsp3) is 0.500. The van der Waals surface area contributed by atoms with Crippen molar-refractivity contribution >= 4 is 18.5 Å². The quantitative estimate of drug-likeness (QED) is 0.514. The Morgan fingerprint density at radius 3 is 2.26 bits per heavy atom. The molecular weight excluding hydrogens is 383 g/mol. The second-order valence-corrected chi connectivity index (χ2v) is 7.43. The molecule has 1 heterocycles. The number of hydrogen-bond acceptors (Lipinski definition) is 3. The van der Waals surface area contributed by atoms with Crippen LogP contribution in [-0.2, 0) is 11.3 Å². The van der Waals surface area contributed by atoms with Gasteiger partial charge in [-0.05, 0) is 32.4 Å². The van der Waals surface area contributed by atoms with E-state index in [-0.39, 0.29) is 63.0 Å². The van der Waals surface area contributed by atoms with Crippen LogP contribution in [0.2, 0.25) is 0 Å². The zero-order chi connectivity index (χ0) is 19.5. The van der Waals surface area contributed by atoms with E-state index < -0.39 is 18.0 Å². The molecule has 1 aliphatic rings. The molecule has 1 amide bonds. The van der Waals surface area contributed by atoms with Gasteiger partial charge in [-0.2, -0.15) is 0 Å². The average Bonchev–Trinajstić information content (AvgIpc) is 2.52. The van der Waals surface area contributed by atoms with Crippen LogP contribution in [0.1, 0.15) is 31.9 Å². The minimum Gasteiger partial charge on any atom is -0.445 e. The van der Waals surface area contributed by atoms with Crippen LogP contribution < -0.4 is 56.8 Å². The maximum Gasteiger partial charge on any atom is 1.00 e. The Morgan fingerprint density at radius 2 is 1.78 bits per heavy atom. The summed E-state index contributed by atoms with van der Waals surface area (Å²) in [5.41, 5.74) is -0.480. The molecule has 0 saturated carbocycles. The largest absolute Gasteiger partial charge is 1.00 e. The number of nitrogens with zero attached hydrogens (tertiary/aromatic N) is 2. The van der Waals surface area contributed by atoms with Gasteiger partial charge >= 0.3 is 64.5 Å². The smallest absolute Gasteiger partial charge is 0.445 e. The van der Waals surface area contributed by atoms with Crippen LogP contribution in [-0.4, -0.2) is 54.7 Å². The molecular formula is C18H23BF3KN2O2. The number of carbonyl (C=O) groups excluding carboxylic acids is 1. The normalized spacial score (nSPS) is 15.7. The number of carbonyl (C=O) groups is 1. The van der Waals surface area contributed by atoms with Gasteiger partial charge in [-0.25, -0.2) is 4.79 Å². The van der Waals surface area contributed by atoms with Crippen LogP contribution in [0, 0.1) is 12.3 Å². The van der Waals surface area contributed by atoms with Gasteiger partial charge in [0.05, 0.1) is 0 Å². The summed E-state index contributed by atoms with van der Waals surface area (Å²) in [5, 5.41) is 0. The van der Waals surface area contributed by atoms with E-state index in [9.17, 15) is 17.7 Å². The van der Waals surface area contributed by atoms with Crippen LogP contribution in [0.25, 0.3) is 0 Å². The Balaban J connectivity index is 0.00000364. The van der Waals surface area contributed by atoms with Crippen molar-refractivity contribution in [1.82, 2.24) is 9.80 Å². The number of hydrogen-bond donors (Lipinski definition) is 0. The summed E-state index contributed by atoms with van der Waals surface area (Å²) < 4.78 is 44.5. The number of rotatable bonds is 3. The molecule has 0 spiro atoms. The first-order chi connectivity index (χ1) is 12.0. The molecule has 1 fully saturated rings. The predicted octanol–water partition coefficient (Wildman–Crippen LogP) is -0.221. The maximum absolute atomic E-state index is 13.1. The van der Waals surface area contributed by atoms with E-state index in [1.165, 1.54) is 0 Å². The van der Waals surface area contributed by atoms with Gasteiger partial charge in [0.2, 0.25) is 0 Å². The summed E-state index contributed by atoms with van der Waals surface area (Å²) in [5.74, 6) is 2.28. The Labute approximate surface area is 201 Å². The second kappa shape index (κ2) is 9.81. The first kappa shape index (κ1) is 24.5. The maximum atomic E-state index is 13.1. The molecule has 0 aliphatic carbocycles. The van der Waals surface area contributed by atoms with Gasteiger partial charge in [0.1, 0.15) is 5.60 Å². The van der Waals surface area contributed by atoms with Crippen LogP contribution in [0.5, 0.6) is 0 Å². The number of amides is 1. The molecule has 0 radical (unpaired) electrons. The summed E-state index contributed by atoms with van der Waals surface area (Å²) in [7, 11) is 0. The Kier molecular flexibility index (Phi) is 8.92. The number of ether oxygens (including phenoxy) is 1. The number of benzene rings is 1. The third-order valence-electron chi connectivity index (χ3n) is 3.99. The van der Waals surface area contributed by atoms with E-state index in [1.54, 1.807) is 31.7 Å². The molecule has 27 heavy (non-hydrogen) atoms. The van der Waals surface area contributed by atoms with E-state index in [4.69, 9.17) is 11.2 Å². The molecule has 4 nitrogen and oxygen atoms in total. The number of terminal acetylenes is 1. The van der Waals surface area contributed by atoms with Crippen LogP contribution >= 0.6 is 0 Å². The molecule has 1 aromatic rings. The van der Waals surface area contributed by atoms with Crippen LogP contribution in [0.3, 0.4) is 0 Å². The number of piperazine rings is 1. The van der Waals surface area contributed by atoms with Gasteiger partial charge in [-0.3, -0.25) is 4.90 Å². The number of halogens is 3. The summed E-state index contributed by atoms with van der Waals surface area (Å²) in [6.45, 7) is 2.74. The molecule has 1 saturated heterocycles. The third kappa shape index (κ3) is 7.80. The molecule has 1 aromatic carbocycles. The zero-order valence-corrected chi connectivity index (χ0v) is 19.4. The van der Waals surface area contributed by atoms with E-state index in [0.717, 1.165) is 12.1 Å². The van der Waals surface area contributed by atoms with Crippen molar-refractivity contribution in [3.05, 3.63) is 29.3 Å². The molecule has 2 rings (SSSR count). The van der Waals surface area contributed by atoms with Gasteiger partial charge in [0, 0.05) is 38.3 Å². The SMILES string of the molecule is C#Cc1cc(CN2CCN(C(=O)OC(C)(C)C)CC2)cc([B-](F)(F)F)c1.[K+]. The van der Waals surface area contributed by atoms with Crippen molar-refractivity contribution in [2.45, 2.75) is 32.9 Å². The van der Waals surface area contributed by atoms with Crippen molar-refractivity contribution in [1.29, 1.82) is 0 Å². The Hall–Kier alpha value is -0.499. The summed E-state index contributed by atoms with van der Waals surface area (Å²) >= 11 is 0. The summed E-state index contributed by atoms with van der Waals surface area (Å²) in [6, 6.07) is 3.76. The van der Waals surface area contributed by atoms with E-state index in [0.29, 0.717) is 38.3 Å². The third-order valence-corrected chi connectivity index (χ3v) is 3.99.